The lowest BCUT2D eigenvalue weighted by Gasteiger charge is -1.94. The second-order valence-corrected chi connectivity index (χ2v) is 3.45. The molecule has 2 N–H and O–H groups in total. The van der Waals surface area contributed by atoms with Crippen LogP contribution in [-0.2, 0) is 0 Å². The van der Waals surface area contributed by atoms with Gasteiger partial charge in [-0.2, -0.15) is 0 Å². The fraction of sp³-hybridized carbons (Fsp3) is 0.125. The van der Waals surface area contributed by atoms with E-state index < -0.39 is 0 Å². The molecule has 0 aliphatic rings. The van der Waals surface area contributed by atoms with Crippen molar-refractivity contribution in [3.05, 3.63) is 23.3 Å². The second-order valence-electron chi connectivity index (χ2n) is 2.59. The molecular weight excluding hydrogens is 184 g/mol. The lowest BCUT2D eigenvalue weighted by molar-refractivity contribution is 1.17. The van der Waals surface area contributed by atoms with Gasteiger partial charge in [-0.15, -0.1) is 11.3 Å². The van der Waals surface area contributed by atoms with Crippen LogP contribution in [0.2, 0.25) is 0 Å². The van der Waals surface area contributed by atoms with Crippen LogP contribution in [0.3, 0.4) is 0 Å². The first-order valence-corrected chi connectivity index (χ1v) is 4.65. The summed E-state index contributed by atoms with van der Waals surface area (Å²) in [5, 5.41) is 2.86. The van der Waals surface area contributed by atoms with Crippen LogP contribution in [0.15, 0.2) is 17.6 Å². The Morgan fingerprint density at radius 2 is 2.23 bits per heavy atom. The zero-order chi connectivity index (χ0) is 9.26. The Labute approximate surface area is 79.5 Å². The van der Waals surface area contributed by atoms with E-state index in [4.69, 9.17) is 5.73 Å². The molecule has 4 nitrogen and oxygen atoms in total. The number of hydrogen-bond acceptors (Lipinski definition) is 5. The van der Waals surface area contributed by atoms with Crippen LogP contribution in [0.1, 0.15) is 5.69 Å². The van der Waals surface area contributed by atoms with Gasteiger partial charge in [0.2, 0.25) is 5.95 Å². The predicted molar refractivity (Wildman–Crippen MR) is 52.3 cm³/mol. The summed E-state index contributed by atoms with van der Waals surface area (Å²) < 4.78 is 0. The van der Waals surface area contributed by atoms with Gasteiger partial charge in [0.05, 0.1) is 0 Å². The highest BCUT2D eigenvalue weighted by Crippen LogP contribution is 2.21. The number of hydrogen-bond donors (Lipinski definition) is 1. The van der Waals surface area contributed by atoms with E-state index in [1.54, 1.807) is 23.6 Å². The van der Waals surface area contributed by atoms with Crippen LogP contribution < -0.4 is 5.73 Å². The Morgan fingerprint density at radius 3 is 2.85 bits per heavy atom. The van der Waals surface area contributed by atoms with Gasteiger partial charge < -0.3 is 5.73 Å². The zero-order valence-corrected chi connectivity index (χ0v) is 7.88. The molecule has 2 heterocycles. The van der Waals surface area contributed by atoms with Crippen LogP contribution in [-0.4, -0.2) is 15.0 Å². The minimum atomic E-state index is 0.283. The maximum atomic E-state index is 5.46. The van der Waals surface area contributed by atoms with Gasteiger partial charge in [0.25, 0.3) is 0 Å². The van der Waals surface area contributed by atoms with Gasteiger partial charge in [0.15, 0.2) is 0 Å². The average molecular weight is 192 g/mol. The highest BCUT2D eigenvalue weighted by atomic mass is 32.1. The summed E-state index contributed by atoms with van der Waals surface area (Å²) in [6.07, 6.45) is 1.63. The molecular formula is C8H8N4S. The van der Waals surface area contributed by atoms with Crippen LogP contribution in [0.25, 0.3) is 10.7 Å². The first-order valence-electron chi connectivity index (χ1n) is 3.77. The van der Waals surface area contributed by atoms with E-state index in [0.717, 1.165) is 16.4 Å². The monoisotopic (exact) mass is 192 g/mol. The summed E-state index contributed by atoms with van der Waals surface area (Å²) in [5.74, 6) is 0.283. The number of nitrogen functional groups attached to an aromatic ring is 1. The van der Waals surface area contributed by atoms with Crippen molar-refractivity contribution in [2.45, 2.75) is 6.92 Å². The molecule has 0 saturated heterocycles. The summed E-state index contributed by atoms with van der Waals surface area (Å²) in [7, 11) is 0. The predicted octanol–water partition coefficient (Wildman–Crippen LogP) is 1.49. The number of aryl methyl sites for hydroxylation is 1. The number of nitrogens with two attached hydrogens (primary N) is 1. The molecule has 0 spiro atoms. The van der Waals surface area contributed by atoms with Gasteiger partial charge in [0, 0.05) is 17.3 Å². The van der Waals surface area contributed by atoms with Crippen LogP contribution in [0, 0.1) is 6.92 Å². The van der Waals surface area contributed by atoms with E-state index in [0.29, 0.717) is 0 Å². The minimum Gasteiger partial charge on any atom is -0.368 e. The van der Waals surface area contributed by atoms with Crippen molar-refractivity contribution in [1.82, 2.24) is 15.0 Å². The smallest absolute Gasteiger partial charge is 0.220 e. The lowest BCUT2D eigenvalue weighted by atomic mass is 10.4. The second kappa shape index (κ2) is 3.10. The number of rotatable bonds is 1. The number of anilines is 1. The maximum absolute atomic E-state index is 5.46. The molecule has 0 atom stereocenters. The molecule has 13 heavy (non-hydrogen) atoms. The minimum absolute atomic E-state index is 0.283. The van der Waals surface area contributed by atoms with E-state index in [9.17, 15) is 0 Å². The van der Waals surface area contributed by atoms with E-state index in [2.05, 4.69) is 15.0 Å². The molecule has 0 unspecified atom stereocenters. The summed E-state index contributed by atoms with van der Waals surface area (Å²) in [4.78, 5) is 12.2. The van der Waals surface area contributed by atoms with Crippen molar-refractivity contribution in [1.29, 1.82) is 0 Å². The molecule has 0 saturated carbocycles. The Hall–Kier alpha value is -1.49. The summed E-state index contributed by atoms with van der Waals surface area (Å²) >= 11 is 1.55. The summed E-state index contributed by atoms with van der Waals surface area (Å²) in [6, 6.07) is 1.80. The average Bonchev–Trinajstić information content (AvgIpc) is 2.52. The molecule has 0 bridgehead atoms. The molecule has 5 heteroatoms. The van der Waals surface area contributed by atoms with Crippen LogP contribution >= 0.6 is 11.3 Å². The Bertz CT molecular complexity index is 424. The third kappa shape index (κ3) is 1.65. The van der Waals surface area contributed by atoms with Crippen molar-refractivity contribution in [3.63, 3.8) is 0 Å². The van der Waals surface area contributed by atoms with Crippen molar-refractivity contribution in [2.75, 3.05) is 5.73 Å². The van der Waals surface area contributed by atoms with Gasteiger partial charge in [0.1, 0.15) is 10.7 Å². The summed E-state index contributed by atoms with van der Waals surface area (Å²) in [5.41, 5.74) is 7.24. The quantitative estimate of drug-likeness (QED) is 0.743. The number of nitrogens with zero attached hydrogens (tertiary/aromatic N) is 3. The molecule has 0 fully saturated rings. The third-order valence-corrected chi connectivity index (χ3v) is 2.49. The molecule has 0 amide bonds. The molecule has 0 radical (unpaired) electrons. The first-order chi connectivity index (χ1) is 6.25. The normalized spacial score (nSPS) is 10.2. The van der Waals surface area contributed by atoms with E-state index in [1.165, 1.54) is 0 Å². The first kappa shape index (κ1) is 8.12. The van der Waals surface area contributed by atoms with Crippen molar-refractivity contribution in [3.8, 4) is 10.7 Å². The molecule has 2 aromatic rings. The van der Waals surface area contributed by atoms with E-state index in [1.807, 2.05) is 12.3 Å². The van der Waals surface area contributed by atoms with Gasteiger partial charge in [-0.25, -0.2) is 15.0 Å². The zero-order valence-electron chi connectivity index (χ0n) is 7.06. The van der Waals surface area contributed by atoms with Crippen molar-refractivity contribution < 1.29 is 0 Å². The third-order valence-electron chi connectivity index (χ3n) is 1.51. The van der Waals surface area contributed by atoms with Crippen molar-refractivity contribution >= 4 is 17.3 Å². The Kier molecular flexibility index (Phi) is 1.94. The topological polar surface area (TPSA) is 64.7 Å². The standard InChI is InChI=1S/C8H8N4S/c1-5-4-13-7(11-5)6-2-3-10-8(9)12-6/h2-4H,1H3,(H2,9,10,12). The molecule has 2 rings (SSSR count). The molecule has 0 aliphatic carbocycles. The SMILES string of the molecule is Cc1csc(-c2ccnc(N)n2)n1. The molecule has 2 aromatic heterocycles. The van der Waals surface area contributed by atoms with Gasteiger partial charge in [-0.3, -0.25) is 0 Å². The summed E-state index contributed by atoms with van der Waals surface area (Å²) in [6.45, 7) is 1.95. The number of thiazole rings is 1. The molecule has 0 aliphatic heterocycles. The fourth-order valence-corrected chi connectivity index (χ4v) is 1.73. The highest BCUT2D eigenvalue weighted by Gasteiger charge is 2.03. The molecule has 0 aromatic carbocycles. The van der Waals surface area contributed by atoms with Gasteiger partial charge >= 0.3 is 0 Å². The Balaban J connectivity index is 2.46. The maximum Gasteiger partial charge on any atom is 0.220 e. The van der Waals surface area contributed by atoms with Crippen LogP contribution in [0.4, 0.5) is 5.95 Å². The Morgan fingerprint density at radius 1 is 1.38 bits per heavy atom. The van der Waals surface area contributed by atoms with E-state index in [-0.39, 0.29) is 5.95 Å². The lowest BCUT2D eigenvalue weighted by Crippen LogP contribution is -1.94. The van der Waals surface area contributed by atoms with Gasteiger partial charge in [-0.1, -0.05) is 0 Å². The van der Waals surface area contributed by atoms with E-state index >= 15 is 0 Å². The van der Waals surface area contributed by atoms with Gasteiger partial charge in [-0.05, 0) is 13.0 Å². The van der Waals surface area contributed by atoms with Crippen molar-refractivity contribution in [2.24, 2.45) is 0 Å². The fourth-order valence-electron chi connectivity index (χ4n) is 0.965. The number of aromatic nitrogens is 3. The molecule has 66 valence electrons. The largest absolute Gasteiger partial charge is 0.368 e. The highest BCUT2D eigenvalue weighted by molar-refractivity contribution is 7.13. The van der Waals surface area contributed by atoms with Crippen LogP contribution in [0.5, 0.6) is 0 Å².